The van der Waals surface area contributed by atoms with E-state index in [-0.39, 0.29) is 0 Å². The third-order valence-electron chi connectivity index (χ3n) is 5.60. The fourth-order valence-electron chi connectivity index (χ4n) is 4.02. The van der Waals surface area contributed by atoms with Gasteiger partial charge >= 0.3 is 0 Å². The van der Waals surface area contributed by atoms with Crippen molar-refractivity contribution in [3.8, 4) is 0 Å². The number of aliphatic imine (C=N–C) groups is 1. The highest BCUT2D eigenvalue weighted by atomic mass is 32.1. The lowest BCUT2D eigenvalue weighted by Crippen LogP contribution is -2.45. The van der Waals surface area contributed by atoms with Gasteiger partial charge in [-0.25, -0.2) is 4.98 Å². The number of aromatic nitrogens is 1. The van der Waals surface area contributed by atoms with E-state index in [4.69, 9.17) is 4.99 Å². The van der Waals surface area contributed by atoms with Crippen LogP contribution < -0.4 is 10.6 Å². The molecule has 2 rings (SSSR count). The van der Waals surface area contributed by atoms with Crippen molar-refractivity contribution >= 4 is 17.3 Å². The van der Waals surface area contributed by atoms with Crippen LogP contribution in [0.2, 0.25) is 0 Å². The van der Waals surface area contributed by atoms with Crippen molar-refractivity contribution in [2.24, 2.45) is 10.9 Å². The van der Waals surface area contributed by atoms with Gasteiger partial charge in [-0.15, -0.1) is 11.3 Å². The zero-order chi connectivity index (χ0) is 21.2. The van der Waals surface area contributed by atoms with Gasteiger partial charge < -0.3 is 10.6 Å². The smallest absolute Gasteiger partial charge is 0.191 e. The predicted octanol–water partition coefficient (Wildman–Crippen LogP) is 3.34. The molecule has 166 valence electrons. The number of nitrogens with one attached hydrogen (secondary N) is 2. The molecule has 1 fully saturated rings. The van der Waals surface area contributed by atoms with Crippen molar-refractivity contribution in [3.05, 3.63) is 16.1 Å². The highest BCUT2D eigenvalue weighted by Gasteiger charge is 2.20. The Labute approximate surface area is 182 Å². The average Bonchev–Trinajstić information content (AvgIpc) is 3.08. The lowest BCUT2D eigenvalue weighted by Gasteiger charge is -2.31. The lowest BCUT2D eigenvalue weighted by molar-refractivity contribution is 0.177. The van der Waals surface area contributed by atoms with Gasteiger partial charge in [0, 0.05) is 50.2 Å². The second-order valence-corrected chi connectivity index (χ2v) is 9.71. The lowest BCUT2D eigenvalue weighted by atomic mass is 9.97. The molecule has 0 unspecified atom stereocenters. The normalized spacial score (nSPS) is 16.9. The summed E-state index contributed by atoms with van der Waals surface area (Å²) in [5.41, 5.74) is 1.22. The standard InChI is InChI=1S/C22H42N6S/c1-7-23-22(24-10-13-28(17(2)3)18(4)5)25-14-20-8-11-27(12-9-20)15-21-16-29-19(6)26-21/h16-18,20H,7-15H2,1-6H3,(H2,23,24,25). The molecule has 29 heavy (non-hydrogen) atoms. The topological polar surface area (TPSA) is 55.8 Å². The predicted molar refractivity (Wildman–Crippen MR) is 126 cm³/mol. The van der Waals surface area contributed by atoms with Crippen molar-refractivity contribution in [1.29, 1.82) is 0 Å². The molecular weight excluding hydrogens is 380 g/mol. The molecule has 0 saturated carbocycles. The molecule has 0 radical (unpaired) electrons. The quantitative estimate of drug-likeness (QED) is 0.447. The van der Waals surface area contributed by atoms with Crippen LogP contribution in [0.1, 0.15) is 58.2 Å². The van der Waals surface area contributed by atoms with Crippen molar-refractivity contribution in [3.63, 3.8) is 0 Å². The Morgan fingerprint density at radius 2 is 1.93 bits per heavy atom. The second kappa shape index (κ2) is 12.5. The summed E-state index contributed by atoms with van der Waals surface area (Å²) in [4.78, 5) is 14.5. The minimum atomic E-state index is 0.565. The number of hydrogen-bond donors (Lipinski definition) is 2. The molecule has 0 bridgehead atoms. The van der Waals surface area contributed by atoms with Gasteiger partial charge in [0.25, 0.3) is 0 Å². The summed E-state index contributed by atoms with van der Waals surface area (Å²) in [6.07, 6.45) is 2.45. The van der Waals surface area contributed by atoms with Gasteiger partial charge in [-0.1, -0.05) is 0 Å². The van der Waals surface area contributed by atoms with E-state index in [1.165, 1.54) is 18.5 Å². The van der Waals surface area contributed by atoms with Crippen molar-refractivity contribution in [2.45, 2.75) is 73.0 Å². The molecule has 6 nitrogen and oxygen atoms in total. The first-order valence-electron chi connectivity index (χ1n) is 11.3. The van der Waals surface area contributed by atoms with Crippen molar-refractivity contribution in [2.75, 3.05) is 39.3 Å². The summed E-state index contributed by atoms with van der Waals surface area (Å²) in [7, 11) is 0. The van der Waals surface area contributed by atoms with Crippen LogP contribution >= 0.6 is 11.3 Å². The van der Waals surface area contributed by atoms with E-state index >= 15 is 0 Å². The van der Waals surface area contributed by atoms with Gasteiger partial charge in [0.15, 0.2) is 5.96 Å². The number of guanidine groups is 1. The van der Waals surface area contributed by atoms with E-state index in [0.29, 0.717) is 18.0 Å². The Morgan fingerprint density at radius 1 is 1.24 bits per heavy atom. The Hall–Kier alpha value is -1.18. The first-order chi connectivity index (χ1) is 13.9. The molecule has 0 aliphatic carbocycles. The van der Waals surface area contributed by atoms with Crippen LogP contribution in [-0.4, -0.2) is 72.1 Å². The van der Waals surface area contributed by atoms with Gasteiger partial charge in [-0.3, -0.25) is 14.8 Å². The van der Waals surface area contributed by atoms with Crippen LogP contribution in [0.4, 0.5) is 0 Å². The summed E-state index contributed by atoms with van der Waals surface area (Å²) in [6.45, 7) is 20.3. The molecule has 0 atom stereocenters. The molecule has 1 aliphatic rings. The molecule has 1 aromatic rings. The van der Waals surface area contributed by atoms with Crippen molar-refractivity contribution < 1.29 is 0 Å². The number of hydrogen-bond acceptors (Lipinski definition) is 5. The summed E-state index contributed by atoms with van der Waals surface area (Å²) < 4.78 is 0. The van der Waals surface area contributed by atoms with Gasteiger partial charge in [0.1, 0.15) is 0 Å². The Morgan fingerprint density at radius 3 is 2.48 bits per heavy atom. The summed E-state index contributed by atoms with van der Waals surface area (Å²) in [5.74, 6) is 1.64. The third kappa shape index (κ3) is 8.60. The number of aryl methyl sites for hydroxylation is 1. The molecule has 0 aromatic carbocycles. The van der Waals surface area contributed by atoms with Crippen LogP contribution in [-0.2, 0) is 6.54 Å². The zero-order valence-electron chi connectivity index (χ0n) is 19.4. The maximum absolute atomic E-state index is 4.88. The average molecular weight is 423 g/mol. The van der Waals surface area contributed by atoms with Gasteiger partial charge in [0.05, 0.1) is 10.7 Å². The van der Waals surface area contributed by atoms with Crippen LogP contribution in [0.15, 0.2) is 10.4 Å². The molecule has 0 amide bonds. The third-order valence-corrected chi connectivity index (χ3v) is 6.42. The highest BCUT2D eigenvalue weighted by Crippen LogP contribution is 2.20. The molecule has 1 aliphatic heterocycles. The summed E-state index contributed by atoms with van der Waals surface area (Å²) in [5, 5.41) is 10.3. The van der Waals surface area contributed by atoms with Crippen molar-refractivity contribution in [1.82, 2.24) is 25.4 Å². The monoisotopic (exact) mass is 422 g/mol. The number of nitrogens with zero attached hydrogens (tertiary/aromatic N) is 4. The van der Waals surface area contributed by atoms with E-state index in [0.717, 1.165) is 56.8 Å². The van der Waals surface area contributed by atoms with Crippen LogP contribution in [0.25, 0.3) is 0 Å². The molecular formula is C22H42N6S. The first-order valence-corrected chi connectivity index (χ1v) is 12.2. The molecule has 2 N–H and O–H groups in total. The van der Waals surface area contributed by atoms with Crippen LogP contribution in [0, 0.1) is 12.8 Å². The fraction of sp³-hybridized carbons (Fsp3) is 0.818. The van der Waals surface area contributed by atoms with Gasteiger partial charge in [0.2, 0.25) is 0 Å². The molecule has 0 spiro atoms. The zero-order valence-corrected chi connectivity index (χ0v) is 20.2. The number of piperidine rings is 1. The van der Waals surface area contributed by atoms with E-state index in [2.05, 4.69) is 72.3 Å². The molecule has 1 saturated heterocycles. The maximum atomic E-state index is 4.88. The van der Waals surface area contributed by atoms with E-state index in [9.17, 15) is 0 Å². The number of likely N-dealkylation sites (tertiary alicyclic amines) is 1. The molecule has 2 heterocycles. The Balaban J connectivity index is 1.74. The van der Waals surface area contributed by atoms with E-state index in [1.54, 1.807) is 11.3 Å². The minimum Gasteiger partial charge on any atom is -0.357 e. The van der Waals surface area contributed by atoms with Gasteiger partial charge in [-0.05, 0) is 73.4 Å². The first kappa shape index (κ1) is 24.1. The Bertz CT molecular complexity index is 596. The SMILES string of the molecule is CCNC(=NCC1CCN(Cc2csc(C)n2)CC1)NCCN(C(C)C)C(C)C. The van der Waals surface area contributed by atoms with E-state index in [1.807, 2.05) is 0 Å². The number of rotatable bonds is 10. The van der Waals surface area contributed by atoms with E-state index < -0.39 is 0 Å². The van der Waals surface area contributed by atoms with Crippen LogP contribution in [0.5, 0.6) is 0 Å². The molecule has 7 heteroatoms. The Kier molecular flexibility index (Phi) is 10.4. The molecule has 1 aromatic heterocycles. The number of thiazole rings is 1. The summed E-state index contributed by atoms with van der Waals surface area (Å²) in [6, 6.07) is 1.13. The maximum Gasteiger partial charge on any atom is 0.191 e. The minimum absolute atomic E-state index is 0.565. The highest BCUT2D eigenvalue weighted by molar-refractivity contribution is 7.09. The summed E-state index contributed by atoms with van der Waals surface area (Å²) >= 11 is 1.75. The largest absolute Gasteiger partial charge is 0.357 e. The fourth-order valence-corrected chi connectivity index (χ4v) is 4.62. The van der Waals surface area contributed by atoms with Crippen LogP contribution in [0.3, 0.4) is 0 Å². The van der Waals surface area contributed by atoms with Gasteiger partial charge in [-0.2, -0.15) is 0 Å². The second-order valence-electron chi connectivity index (χ2n) is 8.65.